The largest absolute Gasteiger partial charge is 0.352 e. The number of benzene rings is 1. The summed E-state index contributed by atoms with van der Waals surface area (Å²) in [5.41, 5.74) is 1.28. The molecule has 1 fully saturated rings. The topological polar surface area (TPSA) is 44.4 Å². The van der Waals surface area contributed by atoms with Gasteiger partial charge in [0.05, 0.1) is 0 Å². The van der Waals surface area contributed by atoms with Crippen molar-refractivity contribution in [3.63, 3.8) is 0 Å². The standard InChI is InChI=1S/C19H31N3O.2ClH/c1-22(2)15-18(14-17-6-4-3-5-7-17)21-19(23)9-8-16-10-12-20-13-11-16;;/h3-7,16,18,20H,8-15H2,1-2H3,(H,21,23);2*1H. The molecule has 1 saturated heterocycles. The first kappa shape index (κ1) is 24.2. The van der Waals surface area contributed by atoms with Gasteiger partial charge in [-0.15, -0.1) is 24.8 Å². The number of piperidine rings is 1. The molecule has 2 rings (SSSR count). The van der Waals surface area contributed by atoms with Crippen LogP contribution in [0.3, 0.4) is 0 Å². The summed E-state index contributed by atoms with van der Waals surface area (Å²) < 4.78 is 0. The summed E-state index contributed by atoms with van der Waals surface area (Å²) in [6, 6.07) is 10.6. The summed E-state index contributed by atoms with van der Waals surface area (Å²) in [6.07, 6.45) is 4.98. The number of rotatable bonds is 8. The molecular formula is C19H33Cl2N3O. The highest BCUT2D eigenvalue weighted by Crippen LogP contribution is 2.17. The van der Waals surface area contributed by atoms with Gasteiger partial charge in [-0.05, 0) is 64.3 Å². The molecule has 0 aliphatic carbocycles. The van der Waals surface area contributed by atoms with Gasteiger partial charge in [-0.2, -0.15) is 0 Å². The average molecular weight is 390 g/mol. The van der Waals surface area contributed by atoms with E-state index in [1.54, 1.807) is 0 Å². The lowest BCUT2D eigenvalue weighted by Gasteiger charge is -2.24. The second-order valence-corrected chi connectivity index (χ2v) is 6.95. The predicted molar refractivity (Wildman–Crippen MR) is 110 cm³/mol. The van der Waals surface area contributed by atoms with Crippen LogP contribution in [0.25, 0.3) is 0 Å². The summed E-state index contributed by atoms with van der Waals surface area (Å²) in [4.78, 5) is 14.5. The van der Waals surface area contributed by atoms with Gasteiger partial charge in [0, 0.05) is 19.0 Å². The van der Waals surface area contributed by atoms with Crippen LogP contribution in [0.5, 0.6) is 0 Å². The lowest BCUT2D eigenvalue weighted by atomic mass is 9.93. The van der Waals surface area contributed by atoms with E-state index in [1.165, 1.54) is 18.4 Å². The summed E-state index contributed by atoms with van der Waals surface area (Å²) >= 11 is 0. The molecule has 1 unspecified atom stereocenters. The molecule has 144 valence electrons. The monoisotopic (exact) mass is 389 g/mol. The van der Waals surface area contributed by atoms with Crippen molar-refractivity contribution in [3.05, 3.63) is 35.9 Å². The maximum atomic E-state index is 12.3. The van der Waals surface area contributed by atoms with E-state index in [2.05, 4.69) is 53.9 Å². The van der Waals surface area contributed by atoms with Crippen molar-refractivity contribution in [2.45, 2.75) is 38.1 Å². The molecule has 1 aromatic carbocycles. The minimum absolute atomic E-state index is 0. The van der Waals surface area contributed by atoms with Gasteiger partial charge < -0.3 is 15.5 Å². The maximum absolute atomic E-state index is 12.3. The minimum Gasteiger partial charge on any atom is -0.352 e. The third-order valence-electron chi connectivity index (χ3n) is 4.51. The quantitative estimate of drug-likeness (QED) is 0.718. The first-order chi connectivity index (χ1) is 11.1. The Labute approximate surface area is 164 Å². The number of nitrogens with zero attached hydrogens (tertiary/aromatic N) is 1. The summed E-state index contributed by atoms with van der Waals surface area (Å²) in [7, 11) is 4.11. The van der Waals surface area contributed by atoms with E-state index in [1.807, 2.05) is 6.07 Å². The van der Waals surface area contributed by atoms with Crippen LogP contribution in [0.1, 0.15) is 31.2 Å². The van der Waals surface area contributed by atoms with E-state index in [0.29, 0.717) is 12.3 Å². The molecule has 1 heterocycles. The average Bonchev–Trinajstić information content (AvgIpc) is 2.54. The molecule has 2 N–H and O–H groups in total. The van der Waals surface area contributed by atoms with Gasteiger partial charge in [0.1, 0.15) is 0 Å². The van der Waals surface area contributed by atoms with E-state index in [9.17, 15) is 4.79 Å². The summed E-state index contributed by atoms with van der Waals surface area (Å²) in [5, 5.41) is 6.62. The highest BCUT2D eigenvalue weighted by molar-refractivity contribution is 5.85. The van der Waals surface area contributed by atoms with Gasteiger partial charge in [0.2, 0.25) is 5.91 Å². The Kier molecular flexibility index (Phi) is 13.0. The molecular weight excluding hydrogens is 357 g/mol. The zero-order valence-electron chi connectivity index (χ0n) is 15.4. The number of carbonyl (C=O) groups excluding carboxylic acids is 1. The third-order valence-corrected chi connectivity index (χ3v) is 4.51. The zero-order chi connectivity index (χ0) is 16.5. The zero-order valence-corrected chi connectivity index (χ0v) is 17.0. The Hall–Kier alpha value is -0.810. The number of likely N-dealkylation sites (N-methyl/N-ethyl adjacent to an activating group) is 1. The Morgan fingerprint density at radius 2 is 1.84 bits per heavy atom. The molecule has 1 aliphatic heterocycles. The number of carbonyl (C=O) groups is 1. The van der Waals surface area contributed by atoms with Crippen molar-refractivity contribution in [1.82, 2.24) is 15.5 Å². The molecule has 0 saturated carbocycles. The van der Waals surface area contributed by atoms with Gasteiger partial charge in [-0.25, -0.2) is 0 Å². The minimum atomic E-state index is 0. The fourth-order valence-corrected chi connectivity index (χ4v) is 3.31. The van der Waals surface area contributed by atoms with Crippen LogP contribution in [0.2, 0.25) is 0 Å². The molecule has 1 atom stereocenters. The van der Waals surface area contributed by atoms with E-state index in [0.717, 1.165) is 32.5 Å². The normalized spacial score (nSPS) is 15.8. The molecule has 6 heteroatoms. The van der Waals surface area contributed by atoms with Crippen molar-refractivity contribution in [1.29, 1.82) is 0 Å². The van der Waals surface area contributed by atoms with Gasteiger partial charge in [0.25, 0.3) is 0 Å². The van der Waals surface area contributed by atoms with Crippen molar-refractivity contribution in [3.8, 4) is 0 Å². The van der Waals surface area contributed by atoms with Crippen LogP contribution < -0.4 is 10.6 Å². The fourth-order valence-electron chi connectivity index (χ4n) is 3.31. The predicted octanol–water partition coefficient (Wildman–Crippen LogP) is 2.90. The Morgan fingerprint density at radius 3 is 2.44 bits per heavy atom. The lowest BCUT2D eigenvalue weighted by molar-refractivity contribution is -0.122. The SMILES string of the molecule is CN(C)CC(Cc1ccccc1)NC(=O)CCC1CCNCC1.Cl.Cl. The maximum Gasteiger partial charge on any atom is 0.220 e. The molecule has 0 spiro atoms. The second kappa shape index (κ2) is 13.4. The van der Waals surface area contributed by atoms with Crippen LogP contribution in [0, 0.1) is 5.92 Å². The van der Waals surface area contributed by atoms with Crippen molar-refractivity contribution in [2.24, 2.45) is 5.92 Å². The Bertz CT molecular complexity index is 465. The van der Waals surface area contributed by atoms with Gasteiger partial charge in [0.15, 0.2) is 0 Å². The van der Waals surface area contributed by atoms with E-state index >= 15 is 0 Å². The Morgan fingerprint density at radius 1 is 1.20 bits per heavy atom. The number of hydrogen-bond acceptors (Lipinski definition) is 3. The van der Waals surface area contributed by atoms with E-state index in [-0.39, 0.29) is 36.8 Å². The smallest absolute Gasteiger partial charge is 0.220 e. The lowest BCUT2D eigenvalue weighted by Crippen LogP contribution is -2.43. The molecule has 4 nitrogen and oxygen atoms in total. The molecule has 0 radical (unpaired) electrons. The Balaban J connectivity index is 0.00000288. The number of halogens is 2. The van der Waals surface area contributed by atoms with Gasteiger partial charge in [-0.3, -0.25) is 4.79 Å². The van der Waals surface area contributed by atoms with Crippen molar-refractivity contribution >= 4 is 30.7 Å². The highest BCUT2D eigenvalue weighted by atomic mass is 35.5. The molecule has 25 heavy (non-hydrogen) atoms. The van der Waals surface area contributed by atoms with Crippen LogP contribution >= 0.6 is 24.8 Å². The van der Waals surface area contributed by atoms with Crippen molar-refractivity contribution in [2.75, 3.05) is 33.7 Å². The van der Waals surface area contributed by atoms with Crippen molar-refractivity contribution < 1.29 is 4.79 Å². The molecule has 0 bridgehead atoms. The highest BCUT2D eigenvalue weighted by Gasteiger charge is 2.17. The van der Waals surface area contributed by atoms with E-state index in [4.69, 9.17) is 0 Å². The van der Waals surface area contributed by atoms with Crippen LogP contribution in [0.4, 0.5) is 0 Å². The second-order valence-electron chi connectivity index (χ2n) is 6.95. The number of amides is 1. The van der Waals surface area contributed by atoms with E-state index < -0.39 is 0 Å². The number of hydrogen-bond donors (Lipinski definition) is 2. The first-order valence-electron chi connectivity index (χ1n) is 8.82. The van der Waals surface area contributed by atoms with Gasteiger partial charge in [-0.1, -0.05) is 30.3 Å². The van der Waals surface area contributed by atoms with Crippen LogP contribution in [0.15, 0.2) is 30.3 Å². The van der Waals surface area contributed by atoms with Gasteiger partial charge >= 0.3 is 0 Å². The third kappa shape index (κ3) is 10.0. The number of nitrogens with one attached hydrogen (secondary N) is 2. The molecule has 0 aromatic heterocycles. The van der Waals surface area contributed by atoms with Crippen LogP contribution in [-0.2, 0) is 11.2 Å². The summed E-state index contributed by atoms with van der Waals surface area (Å²) in [6.45, 7) is 3.07. The molecule has 1 aliphatic rings. The van der Waals surface area contributed by atoms with Crippen LogP contribution in [-0.4, -0.2) is 50.6 Å². The first-order valence-corrected chi connectivity index (χ1v) is 8.82. The summed E-state index contributed by atoms with van der Waals surface area (Å²) in [5.74, 6) is 0.912. The fraction of sp³-hybridized carbons (Fsp3) is 0.632. The molecule has 1 aromatic rings. The molecule has 1 amide bonds.